The molecular weight excluding hydrogens is 391 g/mol. The zero-order chi connectivity index (χ0) is 18.9. The van der Waals surface area contributed by atoms with Gasteiger partial charge >= 0.3 is 16.1 Å². The van der Waals surface area contributed by atoms with Crippen LogP contribution in [-0.4, -0.2) is 29.0 Å². The van der Waals surface area contributed by atoms with Gasteiger partial charge in [0, 0.05) is 29.2 Å². The highest BCUT2D eigenvalue weighted by Crippen LogP contribution is 2.30. The van der Waals surface area contributed by atoms with Gasteiger partial charge in [-0.25, -0.2) is 4.98 Å². The molecule has 25 heavy (non-hydrogen) atoms. The van der Waals surface area contributed by atoms with Crippen LogP contribution in [0.15, 0.2) is 23.2 Å². The predicted octanol–water partition coefficient (Wildman–Crippen LogP) is 3.25. The van der Waals surface area contributed by atoms with Crippen LogP contribution in [0.4, 0.5) is 0 Å². The molecule has 0 saturated heterocycles. The Bertz CT molecular complexity index is 902. The minimum absolute atomic E-state index is 0.0480. The van der Waals surface area contributed by atoms with E-state index in [4.69, 9.17) is 32.5 Å². The quantitative estimate of drug-likeness (QED) is 0.739. The van der Waals surface area contributed by atoms with E-state index in [0.717, 1.165) is 0 Å². The largest absolute Gasteiger partial charge is 0.481 e. The molecule has 0 aliphatic heterocycles. The Balaban J connectivity index is 2.54. The Hall–Kier alpha value is -1.77. The normalized spacial score (nSPS) is 11.8. The summed E-state index contributed by atoms with van der Waals surface area (Å²) in [5.41, 5.74) is 0.229. The highest BCUT2D eigenvalue weighted by molar-refractivity contribution is 7.87. The first kappa shape index (κ1) is 19.6. The van der Waals surface area contributed by atoms with E-state index in [0.29, 0.717) is 0 Å². The molecule has 0 atom stereocenters. The molecule has 0 spiro atoms. The van der Waals surface area contributed by atoms with Crippen molar-refractivity contribution in [3.05, 3.63) is 39.8 Å². The van der Waals surface area contributed by atoms with Crippen LogP contribution >= 0.6 is 23.2 Å². The van der Waals surface area contributed by atoms with Gasteiger partial charge in [-0.05, 0) is 12.0 Å². The first-order valence-corrected chi connectivity index (χ1v) is 9.35. The summed E-state index contributed by atoms with van der Waals surface area (Å²) >= 11 is 11.7. The van der Waals surface area contributed by atoms with E-state index in [1.54, 1.807) is 13.8 Å². The smallest absolute Gasteiger partial charge is 0.356 e. The number of hydrogen-bond acceptors (Lipinski definition) is 5. The summed E-state index contributed by atoms with van der Waals surface area (Å²) in [5.74, 6) is -1.31. The zero-order valence-corrected chi connectivity index (χ0v) is 16.0. The highest BCUT2D eigenvalue weighted by Gasteiger charge is 2.30. The molecule has 0 amide bonds. The van der Waals surface area contributed by atoms with E-state index in [9.17, 15) is 13.2 Å². The van der Waals surface area contributed by atoms with Gasteiger partial charge in [-0.1, -0.05) is 37.0 Å². The number of hydrogen-bond donors (Lipinski definition) is 1. The fourth-order valence-electron chi connectivity index (χ4n) is 2.26. The second-order valence-corrected chi connectivity index (χ2v) is 7.98. The molecule has 10 heteroatoms. The maximum atomic E-state index is 12.8. The Kier molecular flexibility index (Phi) is 5.65. The van der Waals surface area contributed by atoms with E-state index in [1.807, 2.05) is 0 Å². The first-order valence-electron chi connectivity index (χ1n) is 7.19. The highest BCUT2D eigenvalue weighted by atomic mass is 35.5. The van der Waals surface area contributed by atoms with Gasteiger partial charge in [-0.2, -0.15) is 8.42 Å². The second kappa shape index (κ2) is 7.23. The van der Waals surface area contributed by atoms with Crippen molar-refractivity contribution < 1.29 is 22.5 Å². The van der Waals surface area contributed by atoms with Crippen LogP contribution in [0.3, 0.4) is 0 Å². The van der Waals surface area contributed by atoms with Crippen molar-refractivity contribution in [1.82, 2.24) is 9.55 Å². The number of nitrogens with zero attached hydrogens (tertiary/aromatic N) is 2. The van der Waals surface area contributed by atoms with Crippen molar-refractivity contribution in [2.75, 3.05) is 0 Å². The molecule has 0 unspecified atom stereocenters. The SMILES string of the molecule is CC(C)c1nc(CC(=O)O)n(C)c1S(=O)(=O)Oc1cc(Cl)cc(Cl)c1. The fourth-order valence-corrected chi connectivity index (χ4v) is 4.17. The second-order valence-electron chi connectivity index (χ2n) is 5.65. The van der Waals surface area contributed by atoms with Gasteiger partial charge < -0.3 is 13.9 Å². The maximum Gasteiger partial charge on any atom is 0.356 e. The lowest BCUT2D eigenvalue weighted by Crippen LogP contribution is -2.17. The third kappa shape index (κ3) is 4.45. The lowest BCUT2D eigenvalue weighted by Gasteiger charge is -2.11. The van der Waals surface area contributed by atoms with E-state index in [-0.39, 0.29) is 38.3 Å². The zero-order valence-electron chi connectivity index (χ0n) is 13.7. The molecule has 1 N–H and O–H groups in total. The van der Waals surface area contributed by atoms with Crippen molar-refractivity contribution in [2.24, 2.45) is 7.05 Å². The number of carboxylic acid groups (broad SMARTS) is 1. The van der Waals surface area contributed by atoms with Crippen molar-refractivity contribution in [2.45, 2.75) is 31.2 Å². The molecule has 2 rings (SSSR count). The summed E-state index contributed by atoms with van der Waals surface area (Å²) in [7, 11) is -2.85. The van der Waals surface area contributed by atoms with E-state index < -0.39 is 22.5 Å². The number of carbonyl (C=O) groups is 1. The Labute approximate surface area is 155 Å². The molecule has 2 aromatic rings. The Morgan fingerprint density at radius 1 is 1.28 bits per heavy atom. The molecule has 1 aromatic carbocycles. The summed E-state index contributed by atoms with van der Waals surface area (Å²) in [4.78, 5) is 15.1. The summed E-state index contributed by atoms with van der Waals surface area (Å²) in [6.45, 7) is 3.50. The molecule has 7 nitrogen and oxygen atoms in total. The van der Waals surface area contributed by atoms with Gasteiger partial charge in [0.2, 0.25) is 0 Å². The molecule has 0 aliphatic rings. The number of carboxylic acids is 1. The lowest BCUT2D eigenvalue weighted by molar-refractivity contribution is -0.136. The third-order valence-corrected chi connectivity index (χ3v) is 5.10. The van der Waals surface area contributed by atoms with E-state index in [2.05, 4.69) is 4.98 Å². The monoisotopic (exact) mass is 406 g/mol. The summed E-state index contributed by atoms with van der Waals surface area (Å²) in [6, 6.07) is 4.07. The van der Waals surface area contributed by atoms with Gasteiger partial charge in [0.15, 0.2) is 5.03 Å². The minimum atomic E-state index is -4.28. The number of benzene rings is 1. The molecule has 1 heterocycles. The van der Waals surface area contributed by atoms with Crippen LogP contribution in [0.2, 0.25) is 10.0 Å². The molecule has 0 radical (unpaired) electrons. The minimum Gasteiger partial charge on any atom is -0.481 e. The van der Waals surface area contributed by atoms with E-state index >= 15 is 0 Å². The predicted molar refractivity (Wildman–Crippen MR) is 92.9 cm³/mol. The number of aromatic nitrogens is 2. The first-order chi connectivity index (χ1) is 11.5. The molecule has 0 saturated carbocycles. The van der Waals surface area contributed by atoms with Gasteiger partial charge in [0.25, 0.3) is 0 Å². The Morgan fingerprint density at radius 3 is 2.32 bits per heavy atom. The molecule has 1 aromatic heterocycles. The standard InChI is InChI=1S/C15H16Cl2N2O5S/c1-8(2)14-15(19(3)12(18-14)7-13(20)21)25(22,23)24-11-5-9(16)4-10(17)6-11/h4-6,8H,7H2,1-3H3,(H,20,21). The average molecular weight is 407 g/mol. The van der Waals surface area contributed by atoms with E-state index in [1.165, 1.54) is 29.8 Å². The van der Waals surface area contributed by atoms with Crippen LogP contribution in [0.5, 0.6) is 5.75 Å². The van der Waals surface area contributed by atoms with Crippen LogP contribution in [0.1, 0.15) is 31.3 Å². The summed E-state index contributed by atoms with van der Waals surface area (Å²) in [6.07, 6.45) is -0.408. The van der Waals surface area contributed by atoms with Gasteiger partial charge in [-0.3, -0.25) is 4.79 Å². The van der Waals surface area contributed by atoms with Gasteiger partial charge in [0.05, 0.1) is 5.69 Å². The van der Waals surface area contributed by atoms with Crippen LogP contribution in [-0.2, 0) is 28.4 Å². The number of halogens is 2. The topological polar surface area (TPSA) is 98.5 Å². The Morgan fingerprint density at radius 2 is 1.84 bits per heavy atom. The van der Waals surface area contributed by atoms with Crippen molar-refractivity contribution in [3.8, 4) is 5.75 Å². The van der Waals surface area contributed by atoms with Gasteiger partial charge in [-0.15, -0.1) is 0 Å². The third-order valence-electron chi connectivity index (χ3n) is 3.30. The number of imidazole rings is 1. The average Bonchev–Trinajstić information content (AvgIpc) is 2.74. The van der Waals surface area contributed by atoms with Gasteiger partial charge in [0.1, 0.15) is 18.0 Å². The lowest BCUT2D eigenvalue weighted by atomic mass is 10.1. The molecule has 0 aliphatic carbocycles. The van der Waals surface area contributed by atoms with Crippen LogP contribution < -0.4 is 4.18 Å². The molecule has 136 valence electrons. The molecular formula is C15H16Cl2N2O5S. The number of rotatable bonds is 6. The fraction of sp³-hybridized carbons (Fsp3) is 0.333. The maximum absolute atomic E-state index is 12.8. The van der Waals surface area contributed by atoms with Crippen molar-refractivity contribution in [3.63, 3.8) is 0 Å². The van der Waals surface area contributed by atoms with Crippen LogP contribution in [0, 0.1) is 0 Å². The van der Waals surface area contributed by atoms with Crippen LogP contribution in [0.25, 0.3) is 0 Å². The molecule has 0 bridgehead atoms. The number of aliphatic carboxylic acids is 1. The summed E-state index contributed by atoms with van der Waals surface area (Å²) < 4.78 is 31.9. The van der Waals surface area contributed by atoms with Crippen molar-refractivity contribution >= 4 is 39.3 Å². The molecule has 0 fully saturated rings. The van der Waals surface area contributed by atoms with Crippen molar-refractivity contribution in [1.29, 1.82) is 0 Å². The summed E-state index contributed by atoms with van der Waals surface area (Å²) in [5, 5.41) is 9.21.